The van der Waals surface area contributed by atoms with E-state index in [1.165, 1.54) is 38.2 Å². The van der Waals surface area contributed by atoms with E-state index >= 15 is 0 Å². The fourth-order valence-electron chi connectivity index (χ4n) is 3.70. The third-order valence-electron chi connectivity index (χ3n) is 5.02. The van der Waals surface area contributed by atoms with Crippen molar-refractivity contribution < 1.29 is 0 Å². The Bertz CT molecular complexity index is 261. The van der Waals surface area contributed by atoms with Crippen molar-refractivity contribution in [1.29, 1.82) is 0 Å². The van der Waals surface area contributed by atoms with Crippen molar-refractivity contribution in [2.75, 3.05) is 45.2 Å². The van der Waals surface area contributed by atoms with Crippen LogP contribution in [0.4, 0.5) is 0 Å². The van der Waals surface area contributed by atoms with E-state index in [4.69, 9.17) is 5.73 Å². The van der Waals surface area contributed by atoms with Crippen LogP contribution < -0.4 is 5.73 Å². The number of likely N-dealkylation sites (N-methyl/N-ethyl adjacent to an activating group) is 1. The molecule has 4 heteroatoms. The highest BCUT2D eigenvalue weighted by molar-refractivity contribution is 7.98. The van der Waals surface area contributed by atoms with Gasteiger partial charge in [-0.2, -0.15) is 11.8 Å². The topological polar surface area (TPSA) is 32.5 Å². The molecule has 2 fully saturated rings. The van der Waals surface area contributed by atoms with Crippen LogP contribution in [-0.4, -0.2) is 66.6 Å². The summed E-state index contributed by atoms with van der Waals surface area (Å²) in [7, 11) is 2.29. The van der Waals surface area contributed by atoms with Crippen LogP contribution in [0.15, 0.2) is 0 Å². The molecule has 4 unspecified atom stereocenters. The average molecular weight is 257 g/mol. The molecule has 0 aromatic rings. The summed E-state index contributed by atoms with van der Waals surface area (Å²) >= 11 is 1.94. The molecule has 2 heterocycles. The molecule has 0 saturated carbocycles. The molecule has 0 aliphatic carbocycles. The van der Waals surface area contributed by atoms with Gasteiger partial charge in [0.2, 0.25) is 0 Å². The lowest BCUT2D eigenvalue weighted by Crippen LogP contribution is -2.63. The SMILES string of the molecule is CSCC(C)N(C)C1(CN)CCN2CCC1C2. The quantitative estimate of drug-likeness (QED) is 0.799. The van der Waals surface area contributed by atoms with Crippen molar-refractivity contribution in [3.05, 3.63) is 0 Å². The molecule has 0 spiro atoms. The first-order valence-corrected chi connectivity index (χ1v) is 8.17. The van der Waals surface area contributed by atoms with Crippen molar-refractivity contribution >= 4 is 11.8 Å². The van der Waals surface area contributed by atoms with Gasteiger partial charge in [0.05, 0.1) is 0 Å². The predicted molar refractivity (Wildman–Crippen MR) is 76.6 cm³/mol. The first kappa shape index (κ1) is 13.7. The molecule has 0 amide bonds. The van der Waals surface area contributed by atoms with Crippen LogP contribution in [0.25, 0.3) is 0 Å². The van der Waals surface area contributed by atoms with Crippen LogP contribution in [0.1, 0.15) is 19.8 Å². The van der Waals surface area contributed by atoms with Gasteiger partial charge in [-0.1, -0.05) is 0 Å². The monoisotopic (exact) mass is 257 g/mol. The van der Waals surface area contributed by atoms with E-state index < -0.39 is 0 Å². The fourth-order valence-corrected chi connectivity index (χ4v) is 4.41. The van der Waals surface area contributed by atoms with Crippen molar-refractivity contribution in [2.24, 2.45) is 11.7 Å². The lowest BCUT2D eigenvalue weighted by molar-refractivity contribution is 0.00804. The number of rotatable bonds is 5. The molecule has 0 radical (unpaired) electrons. The Balaban J connectivity index is 2.12. The summed E-state index contributed by atoms with van der Waals surface area (Å²) in [5.41, 5.74) is 6.46. The third kappa shape index (κ3) is 2.37. The summed E-state index contributed by atoms with van der Waals surface area (Å²) in [5.74, 6) is 1.99. The van der Waals surface area contributed by atoms with Crippen molar-refractivity contribution in [3.63, 3.8) is 0 Å². The minimum absolute atomic E-state index is 0.266. The molecule has 2 aliphatic heterocycles. The van der Waals surface area contributed by atoms with Crippen molar-refractivity contribution in [2.45, 2.75) is 31.3 Å². The van der Waals surface area contributed by atoms with E-state index in [1.807, 2.05) is 11.8 Å². The summed E-state index contributed by atoms with van der Waals surface area (Å²) in [6, 6.07) is 0.626. The summed E-state index contributed by atoms with van der Waals surface area (Å²) in [5, 5.41) is 0. The number of fused-ring (bicyclic) bond motifs is 2. The van der Waals surface area contributed by atoms with Gasteiger partial charge in [0.15, 0.2) is 0 Å². The number of piperidine rings is 1. The van der Waals surface area contributed by atoms with Gasteiger partial charge in [0, 0.05) is 30.4 Å². The second-order valence-corrected chi connectivity index (χ2v) is 6.67. The molecule has 2 saturated heterocycles. The minimum Gasteiger partial charge on any atom is -0.329 e. The summed E-state index contributed by atoms with van der Waals surface area (Å²) in [6.45, 7) is 6.96. The summed E-state index contributed by atoms with van der Waals surface area (Å²) in [4.78, 5) is 5.20. The lowest BCUT2D eigenvalue weighted by atomic mass is 9.77. The molecule has 2 bridgehead atoms. The Labute approximate surface area is 110 Å². The first-order valence-electron chi connectivity index (χ1n) is 6.78. The molecule has 2 rings (SSSR count). The van der Waals surface area contributed by atoms with Crippen LogP contribution in [0.5, 0.6) is 0 Å². The van der Waals surface area contributed by atoms with Crippen LogP contribution in [-0.2, 0) is 0 Å². The predicted octanol–water partition coefficient (Wildman–Crippen LogP) is 1.09. The Morgan fingerprint density at radius 3 is 2.94 bits per heavy atom. The third-order valence-corrected chi connectivity index (χ3v) is 5.83. The zero-order valence-corrected chi connectivity index (χ0v) is 12.3. The maximum Gasteiger partial charge on any atom is 0.0384 e. The molecular formula is C13H27N3S. The molecule has 0 aromatic heterocycles. The average Bonchev–Trinajstić information content (AvgIpc) is 2.74. The molecule has 17 heavy (non-hydrogen) atoms. The number of nitrogens with two attached hydrogens (primary N) is 1. The van der Waals surface area contributed by atoms with E-state index in [-0.39, 0.29) is 5.54 Å². The molecule has 2 aliphatic rings. The Morgan fingerprint density at radius 2 is 2.29 bits per heavy atom. The fraction of sp³-hybridized carbons (Fsp3) is 1.00. The maximum absolute atomic E-state index is 6.19. The van der Waals surface area contributed by atoms with Crippen LogP contribution in [0.3, 0.4) is 0 Å². The molecule has 2 N–H and O–H groups in total. The van der Waals surface area contributed by atoms with Gasteiger partial charge in [-0.25, -0.2) is 0 Å². The van der Waals surface area contributed by atoms with E-state index in [9.17, 15) is 0 Å². The number of nitrogens with zero attached hydrogens (tertiary/aromatic N) is 2. The van der Waals surface area contributed by atoms with Gasteiger partial charge >= 0.3 is 0 Å². The molecule has 4 atom stereocenters. The molecule has 100 valence electrons. The van der Waals surface area contributed by atoms with E-state index in [1.54, 1.807) is 0 Å². The molecule has 3 nitrogen and oxygen atoms in total. The second kappa shape index (κ2) is 5.47. The van der Waals surface area contributed by atoms with Gasteiger partial charge in [0.1, 0.15) is 0 Å². The molecular weight excluding hydrogens is 230 g/mol. The van der Waals surface area contributed by atoms with Gasteiger partial charge in [-0.15, -0.1) is 0 Å². The minimum atomic E-state index is 0.266. The van der Waals surface area contributed by atoms with E-state index in [2.05, 4.69) is 30.0 Å². The first-order chi connectivity index (χ1) is 8.14. The molecule has 0 aromatic carbocycles. The van der Waals surface area contributed by atoms with Crippen LogP contribution in [0.2, 0.25) is 0 Å². The van der Waals surface area contributed by atoms with Gasteiger partial charge < -0.3 is 10.6 Å². The highest BCUT2D eigenvalue weighted by Gasteiger charge is 2.48. The zero-order valence-electron chi connectivity index (χ0n) is 11.5. The maximum atomic E-state index is 6.19. The van der Waals surface area contributed by atoms with Crippen LogP contribution in [0, 0.1) is 5.92 Å². The van der Waals surface area contributed by atoms with E-state index in [0.29, 0.717) is 6.04 Å². The van der Waals surface area contributed by atoms with Gasteiger partial charge in [0.25, 0.3) is 0 Å². The van der Waals surface area contributed by atoms with E-state index in [0.717, 1.165) is 12.5 Å². The summed E-state index contributed by atoms with van der Waals surface area (Å²) < 4.78 is 0. The zero-order chi connectivity index (χ0) is 12.5. The lowest BCUT2D eigenvalue weighted by Gasteiger charge is -2.51. The van der Waals surface area contributed by atoms with Crippen molar-refractivity contribution in [3.8, 4) is 0 Å². The number of hydrogen-bond donors (Lipinski definition) is 1. The Morgan fingerprint density at radius 1 is 1.53 bits per heavy atom. The Hall–Kier alpha value is 0.230. The van der Waals surface area contributed by atoms with Gasteiger partial charge in [-0.3, -0.25) is 4.90 Å². The number of hydrogen-bond acceptors (Lipinski definition) is 4. The Kier molecular flexibility index (Phi) is 4.40. The summed E-state index contributed by atoms with van der Waals surface area (Å²) in [6.07, 6.45) is 4.79. The largest absolute Gasteiger partial charge is 0.329 e. The highest BCUT2D eigenvalue weighted by atomic mass is 32.2. The highest BCUT2D eigenvalue weighted by Crippen LogP contribution is 2.39. The smallest absolute Gasteiger partial charge is 0.0384 e. The second-order valence-electron chi connectivity index (χ2n) is 5.76. The standard InChI is InChI=1S/C13H27N3S/c1-11(9-17-3)15(2)13(10-14)5-7-16-6-4-12(13)8-16/h11-12H,4-10,14H2,1-3H3. The number of thioether (sulfide) groups is 1. The van der Waals surface area contributed by atoms with Crippen molar-refractivity contribution in [1.82, 2.24) is 9.80 Å². The van der Waals surface area contributed by atoms with Gasteiger partial charge in [-0.05, 0) is 52.1 Å². The van der Waals surface area contributed by atoms with Crippen LogP contribution >= 0.6 is 11.8 Å². The normalized spacial score (nSPS) is 38.6.